The van der Waals surface area contributed by atoms with Crippen molar-refractivity contribution in [1.29, 1.82) is 0 Å². The fourth-order valence-electron chi connectivity index (χ4n) is 6.46. The van der Waals surface area contributed by atoms with Crippen molar-refractivity contribution in [2.24, 2.45) is 10.8 Å². The average molecular weight is 438 g/mol. The van der Waals surface area contributed by atoms with E-state index in [2.05, 4.69) is 30.7 Å². The van der Waals surface area contributed by atoms with E-state index in [0.717, 1.165) is 25.8 Å². The number of carbonyl (C=O) groups is 1. The molecule has 2 aliphatic rings. The standard InChI is InChI=1S/C25H28FN3O3/c1-5-28-11-16(23(31)32)22(30)19-15-6-7-17(20(26)21(15)27-10-18(19)28)29-13-25(4)9-14(29)8-24(2,3)12-25/h6-7,10-11,14H,5,8-9,12-13H2,1-4H3,(H,31,32). The van der Waals surface area contributed by atoms with E-state index in [0.29, 0.717) is 23.1 Å². The number of aromatic carboxylic acids is 1. The van der Waals surface area contributed by atoms with Crippen LogP contribution in [0.4, 0.5) is 10.1 Å². The second-order valence-electron chi connectivity index (χ2n) is 10.6. The average Bonchev–Trinajstić information content (AvgIpc) is 2.96. The van der Waals surface area contributed by atoms with Crippen LogP contribution in [0.2, 0.25) is 0 Å². The number of nitrogens with zero attached hydrogens (tertiary/aromatic N) is 3. The monoisotopic (exact) mass is 437 g/mol. The molecule has 2 fully saturated rings. The number of aromatic nitrogens is 2. The zero-order chi connectivity index (χ0) is 23.0. The number of benzene rings is 1. The van der Waals surface area contributed by atoms with Crippen LogP contribution in [0, 0.1) is 16.6 Å². The van der Waals surface area contributed by atoms with Gasteiger partial charge in [0.05, 0.1) is 22.8 Å². The van der Waals surface area contributed by atoms with E-state index < -0.39 is 17.2 Å². The second-order valence-corrected chi connectivity index (χ2v) is 10.6. The zero-order valence-electron chi connectivity index (χ0n) is 18.9. The van der Waals surface area contributed by atoms with Crippen LogP contribution in [0.3, 0.4) is 0 Å². The normalized spacial score (nSPS) is 24.4. The van der Waals surface area contributed by atoms with E-state index in [1.165, 1.54) is 12.4 Å². The molecule has 6 nitrogen and oxygen atoms in total. The van der Waals surface area contributed by atoms with Crippen molar-refractivity contribution in [2.45, 2.75) is 59.5 Å². The number of carboxylic acid groups (broad SMARTS) is 1. The van der Waals surface area contributed by atoms with Crippen molar-refractivity contribution in [3.63, 3.8) is 0 Å². The molecule has 1 N–H and O–H groups in total. The first-order valence-corrected chi connectivity index (χ1v) is 11.2. The van der Waals surface area contributed by atoms with Gasteiger partial charge in [0.25, 0.3) is 0 Å². The Morgan fingerprint density at radius 1 is 1.28 bits per heavy atom. The van der Waals surface area contributed by atoms with Crippen molar-refractivity contribution >= 4 is 33.5 Å². The molecule has 168 valence electrons. The lowest BCUT2D eigenvalue weighted by molar-refractivity contribution is 0.0695. The van der Waals surface area contributed by atoms with Gasteiger partial charge in [0.2, 0.25) is 5.43 Å². The summed E-state index contributed by atoms with van der Waals surface area (Å²) in [6, 6.07) is 3.73. The third-order valence-electron chi connectivity index (χ3n) is 7.30. The molecule has 0 amide bonds. The molecule has 32 heavy (non-hydrogen) atoms. The van der Waals surface area contributed by atoms with E-state index in [1.807, 2.05) is 6.92 Å². The van der Waals surface area contributed by atoms with Gasteiger partial charge in [-0.15, -0.1) is 0 Å². The molecule has 3 aromatic rings. The molecule has 5 rings (SSSR count). The highest BCUT2D eigenvalue weighted by atomic mass is 19.1. The third-order valence-corrected chi connectivity index (χ3v) is 7.30. The fourth-order valence-corrected chi connectivity index (χ4v) is 6.46. The molecule has 1 aliphatic carbocycles. The van der Waals surface area contributed by atoms with Gasteiger partial charge in [-0.3, -0.25) is 9.78 Å². The van der Waals surface area contributed by atoms with Crippen LogP contribution >= 0.6 is 0 Å². The highest BCUT2D eigenvalue weighted by Gasteiger charge is 2.50. The molecule has 1 saturated carbocycles. The minimum Gasteiger partial charge on any atom is -0.477 e. The third kappa shape index (κ3) is 3.01. The Labute approximate surface area is 185 Å². The lowest BCUT2D eigenvalue weighted by Crippen LogP contribution is -2.35. The Morgan fingerprint density at radius 3 is 2.72 bits per heavy atom. The van der Waals surface area contributed by atoms with Gasteiger partial charge in [-0.05, 0) is 49.1 Å². The highest BCUT2D eigenvalue weighted by molar-refractivity contribution is 6.07. The van der Waals surface area contributed by atoms with Crippen molar-refractivity contribution in [2.75, 3.05) is 11.4 Å². The molecule has 1 aromatic carbocycles. The van der Waals surface area contributed by atoms with E-state index in [9.17, 15) is 14.7 Å². The minimum atomic E-state index is -1.29. The smallest absolute Gasteiger partial charge is 0.341 e. The van der Waals surface area contributed by atoms with Gasteiger partial charge in [-0.1, -0.05) is 20.8 Å². The Morgan fingerprint density at radius 2 is 2.03 bits per heavy atom. The van der Waals surface area contributed by atoms with Gasteiger partial charge < -0.3 is 14.6 Å². The molecule has 2 bridgehead atoms. The maximum Gasteiger partial charge on any atom is 0.341 e. The van der Waals surface area contributed by atoms with Crippen LogP contribution in [0.5, 0.6) is 0 Å². The summed E-state index contributed by atoms with van der Waals surface area (Å²) < 4.78 is 17.5. The Kier molecular flexibility index (Phi) is 4.42. The first-order chi connectivity index (χ1) is 15.0. The summed E-state index contributed by atoms with van der Waals surface area (Å²) in [5, 5.41) is 10.1. The fraction of sp³-hybridized carbons (Fsp3) is 0.480. The maximum absolute atomic E-state index is 15.9. The molecular weight excluding hydrogens is 409 g/mol. The minimum absolute atomic E-state index is 0.114. The van der Waals surface area contributed by atoms with Gasteiger partial charge in [0.1, 0.15) is 11.1 Å². The molecule has 0 radical (unpaired) electrons. The van der Waals surface area contributed by atoms with E-state index in [1.54, 1.807) is 16.7 Å². The molecule has 2 atom stereocenters. The van der Waals surface area contributed by atoms with E-state index in [4.69, 9.17) is 0 Å². The first kappa shape index (κ1) is 20.9. The van der Waals surface area contributed by atoms with Gasteiger partial charge in [0, 0.05) is 30.7 Å². The summed E-state index contributed by atoms with van der Waals surface area (Å²) in [7, 11) is 0. The SMILES string of the molecule is CCn1cc(C(=O)O)c(=O)c2c3ccc(N4CC5(C)CC4CC(C)(C)C5)c(F)c3ncc21. The van der Waals surface area contributed by atoms with E-state index in [-0.39, 0.29) is 33.3 Å². The Balaban J connectivity index is 1.72. The number of anilines is 1. The number of pyridine rings is 2. The van der Waals surface area contributed by atoms with Crippen LogP contribution in [-0.4, -0.2) is 33.2 Å². The lowest BCUT2D eigenvalue weighted by atomic mass is 9.65. The summed E-state index contributed by atoms with van der Waals surface area (Å²) in [6.45, 7) is 9.97. The van der Waals surface area contributed by atoms with Gasteiger partial charge in [-0.2, -0.15) is 0 Å². The summed E-state index contributed by atoms with van der Waals surface area (Å²) in [5.41, 5.74) is 0.572. The number of carboxylic acids is 1. The molecule has 3 heterocycles. The van der Waals surface area contributed by atoms with E-state index >= 15 is 4.39 Å². The molecule has 0 spiro atoms. The molecule has 2 aromatic heterocycles. The van der Waals surface area contributed by atoms with Crippen LogP contribution in [0.15, 0.2) is 29.3 Å². The lowest BCUT2D eigenvalue weighted by Gasteiger charge is -2.39. The summed E-state index contributed by atoms with van der Waals surface area (Å²) >= 11 is 0. The van der Waals surface area contributed by atoms with Crippen molar-refractivity contribution in [1.82, 2.24) is 9.55 Å². The zero-order valence-corrected chi connectivity index (χ0v) is 18.9. The Bertz CT molecular complexity index is 1350. The van der Waals surface area contributed by atoms with Crippen LogP contribution < -0.4 is 10.3 Å². The predicted molar refractivity (Wildman–Crippen MR) is 123 cm³/mol. The van der Waals surface area contributed by atoms with Gasteiger partial charge in [-0.25, -0.2) is 9.18 Å². The van der Waals surface area contributed by atoms with Crippen LogP contribution in [-0.2, 0) is 6.54 Å². The Hall–Kier alpha value is -2.96. The van der Waals surface area contributed by atoms with Gasteiger partial charge in [0.15, 0.2) is 5.82 Å². The molecule has 2 unspecified atom stereocenters. The van der Waals surface area contributed by atoms with Crippen molar-refractivity contribution < 1.29 is 14.3 Å². The van der Waals surface area contributed by atoms with Crippen LogP contribution in [0.1, 0.15) is 57.3 Å². The first-order valence-electron chi connectivity index (χ1n) is 11.2. The summed E-state index contributed by atoms with van der Waals surface area (Å²) in [5.74, 6) is -1.73. The van der Waals surface area contributed by atoms with Crippen LogP contribution in [0.25, 0.3) is 21.8 Å². The predicted octanol–water partition coefficient (Wildman–Crippen LogP) is 4.81. The molecule has 7 heteroatoms. The topological polar surface area (TPSA) is 75.4 Å². The maximum atomic E-state index is 15.9. The molecular formula is C25H28FN3O3. The van der Waals surface area contributed by atoms with Crippen molar-refractivity contribution in [3.05, 3.63) is 46.1 Å². The highest BCUT2D eigenvalue weighted by Crippen LogP contribution is 2.54. The number of hydrogen-bond donors (Lipinski definition) is 1. The summed E-state index contributed by atoms with van der Waals surface area (Å²) in [6.07, 6.45) is 5.97. The second kappa shape index (κ2) is 6.77. The van der Waals surface area contributed by atoms with Gasteiger partial charge >= 0.3 is 5.97 Å². The molecule has 1 saturated heterocycles. The largest absolute Gasteiger partial charge is 0.477 e. The number of hydrogen-bond acceptors (Lipinski definition) is 4. The van der Waals surface area contributed by atoms with Crippen molar-refractivity contribution in [3.8, 4) is 0 Å². The number of rotatable bonds is 3. The molecule has 1 aliphatic heterocycles. The summed E-state index contributed by atoms with van der Waals surface area (Å²) in [4.78, 5) is 31.2. The number of fused-ring (bicyclic) bond motifs is 5. The number of aryl methyl sites for hydroxylation is 1. The number of halogens is 1. The quantitative estimate of drug-likeness (QED) is 0.595.